The van der Waals surface area contributed by atoms with E-state index >= 15 is 0 Å². The molecule has 1 aliphatic rings. The Labute approximate surface area is 182 Å². The third-order valence-electron chi connectivity index (χ3n) is 4.95. The number of methoxy groups -OCH3 is 1. The average molecular weight is 440 g/mol. The fourth-order valence-corrected chi connectivity index (χ4v) is 4.47. The molecular weight excluding hydrogens is 414 g/mol. The van der Waals surface area contributed by atoms with E-state index in [-0.39, 0.29) is 4.90 Å². The lowest BCUT2D eigenvalue weighted by Gasteiger charge is -2.15. The molecule has 3 N–H and O–H groups in total. The van der Waals surface area contributed by atoms with Crippen molar-refractivity contribution in [2.24, 2.45) is 0 Å². The number of rotatable bonds is 3. The Morgan fingerprint density at radius 3 is 2.68 bits per heavy atom. The summed E-state index contributed by atoms with van der Waals surface area (Å²) in [6.07, 6.45) is 3.28. The number of ether oxygens (including phenoxy) is 1. The molecule has 3 aromatic rings. The highest BCUT2D eigenvalue weighted by Gasteiger charge is 2.15. The summed E-state index contributed by atoms with van der Waals surface area (Å²) in [4.78, 5) is 9.32. The Balaban J connectivity index is 1.69. The SMILES string of the molecule is COCc1ccc(-c2cnc3nc2NCCCCNS(=O)(=O)c2cccc(c2)N3)cc1. The van der Waals surface area contributed by atoms with Crippen LogP contribution in [-0.4, -0.2) is 38.6 Å². The molecule has 0 saturated heterocycles. The number of nitrogens with zero attached hydrogens (tertiary/aromatic N) is 2. The Morgan fingerprint density at radius 1 is 1.06 bits per heavy atom. The van der Waals surface area contributed by atoms with Crippen LogP contribution in [0.1, 0.15) is 18.4 Å². The summed E-state index contributed by atoms with van der Waals surface area (Å²) in [5.41, 5.74) is 3.60. The van der Waals surface area contributed by atoms with Gasteiger partial charge in [-0.1, -0.05) is 30.3 Å². The maximum Gasteiger partial charge on any atom is 0.240 e. The van der Waals surface area contributed by atoms with Crippen LogP contribution in [0.4, 0.5) is 17.5 Å². The van der Waals surface area contributed by atoms with Gasteiger partial charge in [-0.2, -0.15) is 4.98 Å². The molecule has 0 amide bonds. The van der Waals surface area contributed by atoms with Gasteiger partial charge in [-0.3, -0.25) is 0 Å². The molecule has 31 heavy (non-hydrogen) atoms. The van der Waals surface area contributed by atoms with Crippen molar-refractivity contribution in [3.05, 3.63) is 60.3 Å². The van der Waals surface area contributed by atoms with Crippen LogP contribution in [0.3, 0.4) is 0 Å². The van der Waals surface area contributed by atoms with Crippen LogP contribution in [0.2, 0.25) is 0 Å². The van der Waals surface area contributed by atoms with Crippen molar-refractivity contribution in [2.75, 3.05) is 30.8 Å². The van der Waals surface area contributed by atoms with Gasteiger partial charge in [0, 0.05) is 37.6 Å². The van der Waals surface area contributed by atoms with E-state index in [9.17, 15) is 8.42 Å². The summed E-state index contributed by atoms with van der Waals surface area (Å²) in [5, 5.41) is 6.49. The highest BCUT2D eigenvalue weighted by atomic mass is 32.2. The molecule has 8 nitrogen and oxygen atoms in total. The minimum absolute atomic E-state index is 0.209. The fourth-order valence-electron chi connectivity index (χ4n) is 3.35. The van der Waals surface area contributed by atoms with E-state index in [0.717, 1.165) is 28.9 Å². The Morgan fingerprint density at radius 2 is 1.87 bits per heavy atom. The van der Waals surface area contributed by atoms with Crippen LogP contribution in [0.25, 0.3) is 11.1 Å². The minimum Gasteiger partial charge on any atom is -0.380 e. The number of anilines is 3. The van der Waals surface area contributed by atoms with E-state index in [1.807, 2.05) is 24.3 Å². The molecule has 0 atom stereocenters. The summed E-state index contributed by atoms with van der Waals surface area (Å²) in [6, 6.07) is 14.7. The van der Waals surface area contributed by atoms with Gasteiger partial charge in [0.2, 0.25) is 16.0 Å². The van der Waals surface area contributed by atoms with Gasteiger partial charge in [-0.25, -0.2) is 18.1 Å². The van der Waals surface area contributed by atoms with Gasteiger partial charge in [-0.15, -0.1) is 0 Å². The molecule has 2 aromatic carbocycles. The lowest BCUT2D eigenvalue weighted by Crippen LogP contribution is -2.25. The van der Waals surface area contributed by atoms with Crippen molar-refractivity contribution in [1.29, 1.82) is 0 Å². The standard InChI is InChI=1S/C22H25N5O3S/c1-30-15-16-7-9-17(10-8-16)20-14-24-22-26-18-5-4-6-19(13-18)31(28,29)25-12-3-2-11-23-21(20)27-22/h4-10,13-14,25H,2-3,11-12,15H2,1H3,(H2,23,24,26,27). The van der Waals surface area contributed by atoms with E-state index in [4.69, 9.17) is 4.74 Å². The first-order valence-corrected chi connectivity index (χ1v) is 11.6. The Kier molecular flexibility index (Phi) is 6.45. The molecule has 9 heteroatoms. The molecule has 4 rings (SSSR count). The Hall–Kier alpha value is -3.01. The van der Waals surface area contributed by atoms with Crippen LogP contribution in [-0.2, 0) is 21.4 Å². The predicted octanol–water partition coefficient (Wildman–Crippen LogP) is 3.52. The zero-order valence-electron chi connectivity index (χ0n) is 17.3. The van der Waals surface area contributed by atoms with Crippen molar-refractivity contribution in [3.8, 4) is 11.1 Å². The number of benzene rings is 2. The Bertz CT molecular complexity index is 1150. The summed E-state index contributed by atoms with van der Waals surface area (Å²) in [6.45, 7) is 1.61. The number of hydrogen-bond acceptors (Lipinski definition) is 7. The van der Waals surface area contributed by atoms with Gasteiger partial charge in [0.25, 0.3) is 0 Å². The first-order valence-electron chi connectivity index (χ1n) is 10.1. The first kappa shape index (κ1) is 21.2. The number of hydrogen-bond donors (Lipinski definition) is 3. The number of fused-ring (bicyclic) bond motifs is 4. The van der Waals surface area contributed by atoms with Crippen molar-refractivity contribution in [2.45, 2.75) is 24.3 Å². The van der Waals surface area contributed by atoms with E-state index < -0.39 is 10.0 Å². The summed E-state index contributed by atoms with van der Waals surface area (Å²) >= 11 is 0. The number of sulfonamides is 1. The van der Waals surface area contributed by atoms with Crippen LogP contribution in [0.15, 0.2) is 59.6 Å². The molecule has 162 valence electrons. The number of nitrogens with one attached hydrogen (secondary N) is 3. The second-order valence-corrected chi connectivity index (χ2v) is 9.04. The molecule has 0 unspecified atom stereocenters. The molecule has 1 aromatic heterocycles. The highest BCUT2D eigenvalue weighted by Crippen LogP contribution is 2.28. The second-order valence-electron chi connectivity index (χ2n) is 7.27. The molecule has 0 radical (unpaired) electrons. The predicted molar refractivity (Wildman–Crippen MR) is 121 cm³/mol. The summed E-state index contributed by atoms with van der Waals surface area (Å²) < 4.78 is 32.8. The van der Waals surface area contributed by atoms with Crippen LogP contribution in [0, 0.1) is 0 Å². The zero-order valence-corrected chi connectivity index (χ0v) is 18.1. The minimum atomic E-state index is -3.55. The van der Waals surface area contributed by atoms with Gasteiger partial charge in [0.1, 0.15) is 5.82 Å². The van der Waals surface area contributed by atoms with Gasteiger partial charge < -0.3 is 15.4 Å². The first-order chi connectivity index (χ1) is 15.0. The molecular formula is C22H25N5O3S. The van der Waals surface area contributed by atoms with Gasteiger partial charge >= 0.3 is 0 Å². The average Bonchev–Trinajstić information content (AvgIpc) is 2.77. The second kappa shape index (κ2) is 9.42. The summed E-state index contributed by atoms with van der Waals surface area (Å²) in [5.74, 6) is 1.12. The topological polar surface area (TPSA) is 105 Å². The fraction of sp³-hybridized carbons (Fsp3) is 0.273. The monoisotopic (exact) mass is 439 g/mol. The normalized spacial score (nSPS) is 15.9. The molecule has 4 bridgehead atoms. The highest BCUT2D eigenvalue weighted by molar-refractivity contribution is 7.89. The van der Waals surface area contributed by atoms with Gasteiger partial charge in [0.05, 0.1) is 11.5 Å². The number of aromatic nitrogens is 2. The molecule has 0 saturated carbocycles. The van der Waals surface area contributed by atoms with E-state index in [1.165, 1.54) is 0 Å². The van der Waals surface area contributed by atoms with Crippen LogP contribution >= 0.6 is 0 Å². The largest absolute Gasteiger partial charge is 0.380 e. The third-order valence-corrected chi connectivity index (χ3v) is 6.41. The van der Waals surface area contributed by atoms with Crippen LogP contribution in [0.5, 0.6) is 0 Å². The van der Waals surface area contributed by atoms with E-state index in [1.54, 1.807) is 37.6 Å². The molecule has 0 aliphatic carbocycles. The quantitative estimate of drug-likeness (QED) is 0.573. The van der Waals surface area contributed by atoms with Crippen LogP contribution < -0.4 is 15.4 Å². The molecule has 0 spiro atoms. The smallest absolute Gasteiger partial charge is 0.240 e. The van der Waals surface area contributed by atoms with E-state index in [2.05, 4.69) is 25.3 Å². The van der Waals surface area contributed by atoms with Crippen molar-refractivity contribution < 1.29 is 13.2 Å². The van der Waals surface area contributed by atoms with E-state index in [0.29, 0.717) is 37.8 Å². The summed E-state index contributed by atoms with van der Waals surface area (Å²) in [7, 11) is -1.88. The van der Waals surface area contributed by atoms with Gasteiger partial charge in [0.15, 0.2) is 0 Å². The zero-order chi connectivity index (χ0) is 21.7. The van der Waals surface area contributed by atoms with Crippen molar-refractivity contribution in [3.63, 3.8) is 0 Å². The third kappa shape index (κ3) is 5.19. The van der Waals surface area contributed by atoms with Crippen molar-refractivity contribution in [1.82, 2.24) is 14.7 Å². The molecule has 1 aliphatic heterocycles. The lowest BCUT2D eigenvalue weighted by atomic mass is 10.1. The maximum atomic E-state index is 12.5. The molecule has 0 fully saturated rings. The molecule has 2 heterocycles. The van der Waals surface area contributed by atoms with Gasteiger partial charge in [-0.05, 0) is 42.2 Å². The van der Waals surface area contributed by atoms with Crippen molar-refractivity contribution >= 4 is 27.5 Å². The lowest BCUT2D eigenvalue weighted by molar-refractivity contribution is 0.185. The maximum absolute atomic E-state index is 12.5.